The second kappa shape index (κ2) is 8.12. The number of amides is 1. The van der Waals surface area contributed by atoms with Gasteiger partial charge >= 0.3 is 0 Å². The molecule has 0 saturated carbocycles. The fourth-order valence-corrected chi connectivity index (χ4v) is 3.52. The Balaban J connectivity index is 1.70. The highest BCUT2D eigenvalue weighted by molar-refractivity contribution is 8.13. The largest absolute Gasteiger partial charge is 0.312 e. The first-order valence-corrected chi connectivity index (χ1v) is 9.23. The Kier molecular flexibility index (Phi) is 5.66. The summed E-state index contributed by atoms with van der Waals surface area (Å²) in [6, 6.07) is 13.7. The molecule has 4 nitrogen and oxygen atoms in total. The van der Waals surface area contributed by atoms with Crippen molar-refractivity contribution < 1.29 is 9.59 Å². The third-order valence-electron chi connectivity index (χ3n) is 4.04. The molecule has 0 N–H and O–H groups in total. The standard InChI is InChI=1S/C20H20N2O2S/c1-15(23)25-14-17-12-20(24)22(13-17)19-7-4-5-16(11-19)8-9-18-6-2-3-10-21-18/h2-11,17H,12-14H2,1H3. The van der Waals surface area contributed by atoms with Gasteiger partial charge in [-0.05, 0) is 41.8 Å². The van der Waals surface area contributed by atoms with Crippen molar-refractivity contribution in [1.29, 1.82) is 0 Å². The first-order chi connectivity index (χ1) is 12.1. The number of benzene rings is 1. The van der Waals surface area contributed by atoms with Gasteiger partial charge in [0.05, 0.1) is 5.69 Å². The maximum absolute atomic E-state index is 12.3. The van der Waals surface area contributed by atoms with Gasteiger partial charge in [-0.25, -0.2) is 0 Å². The van der Waals surface area contributed by atoms with Crippen LogP contribution in [-0.4, -0.2) is 28.3 Å². The zero-order valence-corrected chi connectivity index (χ0v) is 14.9. The lowest BCUT2D eigenvalue weighted by Gasteiger charge is -2.17. The Morgan fingerprint density at radius 2 is 2.16 bits per heavy atom. The van der Waals surface area contributed by atoms with Gasteiger partial charge in [-0.2, -0.15) is 0 Å². The average Bonchev–Trinajstić information content (AvgIpc) is 3.00. The van der Waals surface area contributed by atoms with Crippen LogP contribution in [0.1, 0.15) is 24.6 Å². The van der Waals surface area contributed by atoms with Crippen LogP contribution in [0.5, 0.6) is 0 Å². The van der Waals surface area contributed by atoms with E-state index < -0.39 is 0 Å². The van der Waals surface area contributed by atoms with Gasteiger partial charge in [-0.3, -0.25) is 14.6 Å². The first kappa shape index (κ1) is 17.4. The fraction of sp³-hybridized carbons (Fsp3) is 0.250. The zero-order chi connectivity index (χ0) is 17.6. The molecule has 1 aromatic carbocycles. The lowest BCUT2D eigenvalue weighted by molar-refractivity contribution is -0.117. The Bertz CT molecular complexity index is 789. The van der Waals surface area contributed by atoms with Crippen molar-refractivity contribution >= 4 is 40.6 Å². The van der Waals surface area contributed by atoms with Crippen molar-refractivity contribution in [2.45, 2.75) is 13.3 Å². The molecule has 1 atom stereocenters. The monoisotopic (exact) mass is 352 g/mol. The highest BCUT2D eigenvalue weighted by Crippen LogP contribution is 2.28. The summed E-state index contributed by atoms with van der Waals surface area (Å²) < 4.78 is 0. The molecule has 0 aliphatic carbocycles. The number of pyridine rings is 1. The van der Waals surface area contributed by atoms with Gasteiger partial charge in [0.25, 0.3) is 0 Å². The quantitative estimate of drug-likeness (QED) is 0.819. The summed E-state index contributed by atoms with van der Waals surface area (Å²) in [5, 5.41) is 0.104. The van der Waals surface area contributed by atoms with Crippen molar-refractivity contribution in [1.82, 2.24) is 4.98 Å². The van der Waals surface area contributed by atoms with Crippen LogP contribution in [0.15, 0.2) is 48.7 Å². The van der Waals surface area contributed by atoms with Crippen LogP contribution in [0.4, 0.5) is 5.69 Å². The molecule has 2 heterocycles. The number of rotatable bonds is 5. The number of carbonyl (C=O) groups is 2. The third kappa shape index (κ3) is 4.79. The van der Waals surface area contributed by atoms with Gasteiger partial charge in [0, 0.05) is 37.5 Å². The summed E-state index contributed by atoms with van der Waals surface area (Å²) >= 11 is 1.30. The summed E-state index contributed by atoms with van der Waals surface area (Å²) in [6.07, 6.45) is 6.22. The Hall–Kier alpha value is -2.40. The van der Waals surface area contributed by atoms with Gasteiger partial charge in [-0.1, -0.05) is 36.0 Å². The molecule has 25 heavy (non-hydrogen) atoms. The van der Waals surface area contributed by atoms with Crippen LogP contribution < -0.4 is 4.90 Å². The van der Waals surface area contributed by atoms with Crippen LogP contribution in [0.3, 0.4) is 0 Å². The van der Waals surface area contributed by atoms with Crippen molar-refractivity contribution in [2.75, 3.05) is 17.2 Å². The van der Waals surface area contributed by atoms with Crippen LogP contribution in [0.25, 0.3) is 12.2 Å². The van der Waals surface area contributed by atoms with Crippen molar-refractivity contribution in [3.05, 3.63) is 59.9 Å². The maximum atomic E-state index is 12.3. The molecule has 1 aliphatic rings. The number of hydrogen-bond donors (Lipinski definition) is 0. The summed E-state index contributed by atoms with van der Waals surface area (Å²) in [7, 11) is 0. The molecular weight excluding hydrogens is 332 g/mol. The van der Waals surface area contributed by atoms with Gasteiger partial charge < -0.3 is 4.90 Å². The SMILES string of the molecule is CC(=O)SCC1CC(=O)N(c2cccc(C=Cc3ccccn3)c2)C1. The lowest BCUT2D eigenvalue weighted by atomic mass is 10.1. The molecule has 128 valence electrons. The molecular formula is C20H20N2O2S. The summed E-state index contributed by atoms with van der Waals surface area (Å²) in [6.45, 7) is 2.24. The van der Waals surface area contributed by atoms with Crippen molar-refractivity contribution in [3.8, 4) is 0 Å². The van der Waals surface area contributed by atoms with E-state index in [1.54, 1.807) is 13.1 Å². The van der Waals surface area contributed by atoms with Gasteiger partial charge in [0.2, 0.25) is 5.91 Å². The van der Waals surface area contributed by atoms with E-state index in [1.807, 2.05) is 59.5 Å². The van der Waals surface area contributed by atoms with Gasteiger partial charge in [-0.15, -0.1) is 0 Å². The fourth-order valence-electron chi connectivity index (χ4n) is 2.83. The minimum Gasteiger partial charge on any atom is -0.312 e. The van der Waals surface area contributed by atoms with Crippen molar-refractivity contribution in [3.63, 3.8) is 0 Å². The molecule has 0 spiro atoms. The smallest absolute Gasteiger partial charge is 0.227 e. The van der Waals surface area contributed by atoms with Gasteiger partial charge in [0.1, 0.15) is 0 Å². The number of nitrogens with zero attached hydrogens (tertiary/aromatic N) is 2. The average molecular weight is 352 g/mol. The number of anilines is 1. The van der Waals surface area contributed by atoms with E-state index in [0.29, 0.717) is 18.7 Å². The van der Waals surface area contributed by atoms with Crippen molar-refractivity contribution in [2.24, 2.45) is 5.92 Å². The van der Waals surface area contributed by atoms with E-state index in [1.165, 1.54) is 11.8 Å². The topological polar surface area (TPSA) is 50.3 Å². The Morgan fingerprint density at radius 3 is 2.92 bits per heavy atom. The summed E-state index contributed by atoms with van der Waals surface area (Å²) in [4.78, 5) is 29.5. The molecule has 1 amide bonds. The van der Waals surface area contributed by atoms with E-state index in [2.05, 4.69) is 4.98 Å². The highest BCUT2D eigenvalue weighted by Gasteiger charge is 2.30. The molecule has 1 aromatic heterocycles. The minimum atomic E-state index is 0.104. The van der Waals surface area contributed by atoms with E-state index in [9.17, 15) is 9.59 Å². The molecule has 3 rings (SSSR count). The zero-order valence-electron chi connectivity index (χ0n) is 14.1. The molecule has 1 saturated heterocycles. The van der Waals surface area contributed by atoms with E-state index >= 15 is 0 Å². The molecule has 0 bridgehead atoms. The second-order valence-corrected chi connectivity index (χ2v) is 7.26. The normalized spacial score (nSPS) is 17.4. The number of hydrogen-bond acceptors (Lipinski definition) is 4. The maximum Gasteiger partial charge on any atom is 0.227 e. The lowest BCUT2D eigenvalue weighted by Crippen LogP contribution is -2.24. The van der Waals surface area contributed by atoms with Gasteiger partial charge in [0.15, 0.2) is 5.12 Å². The van der Waals surface area contributed by atoms with Crippen LogP contribution in [0.2, 0.25) is 0 Å². The molecule has 1 aliphatic heterocycles. The summed E-state index contributed by atoms with van der Waals surface area (Å²) in [5.41, 5.74) is 2.83. The molecule has 5 heteroatoms. The first-order valence-electron chi connectivity index (χ1n) is 8.25. The predicted molar refractivity (Wildman–Crippen MR) is 103 cm³/mol. The molecule has 1 fully saturated rings. The second-order valence-electron chi connectivity index (χ2n) is 6.06. The van der Waals surface area contributed by atoms with E-state index in [4.69, 9.17) is 0 Å². The summed E-state index contributed by atoms with van der Waals surface area (Å²) in [5.74, 6) is 1.06. The van der Waals surface area contributed by atoms with Crippen LogP contribution >= 0.6 is 11.8 Å². The van der Waals surface area contributed by atoms with Crippen LogP contribution in [0, 0.1) is 5.92 Å². The molecule has 1 unspecified atom stereocenters. The van der Waals surface area contributed by atoms with Crippen LogP contribution in [-0.2, 0) is 9.59 Å². The predicted octanol–water partition coefficient (Wildman–Crippen LogP) is 3.88. The highest BCUT2D eigenvalue weighted by atomic mass is 32.2. The number of thioether (sulfide) groups is 1. The number of aromatic nitrogens is 1. The number of carbonyl (C=O) groups excluding carboxylic acids is 2. The molecule has 2 aromatic rings. The van der Waals surface area contributed by atoms with E-state index in [-0.39, 0.29) is 16.9 Å². The molecule has 0 radical (unpaired) electrons. The third-order valence-corrected chi connectivity index (χ3v) is 5.09. The Labute approximate surface area is 152 Å². The van der Waals surface area contributed by atoms with E-state index in [0.717, 1.165) is 16.9 Å². The Morgan fingerprint density at radius 1 is 1.28 bits per heavy atom. The minimum absolute atomic E-state index is 0.104.